The van der Waals surface area contributed by atoms with Gasteiger partial charge in [-0.05, 0) is 74.0 Å². The van der Waals surface area contributed by atoms with Gasteiger partial charge in [-0.2, -0.15) is 0 Å². The summed E-state index contributed by atoms with van der Waals surface area (Å²) in [5.41, 5.74) is 0.343. The van der Waals surface area contributed by atoms with E-state index in [1.54, 1.807) is 0 Å². The molecule has 0 aliphatic carbocycles. The third kappa shape index (κ3) is 10.7. The van der Waals surface area contributed by atoms with E-state index in [1.165, 1.54) is 18.2 Å². The van der Waals surface area contributed by atoms with Crippen molar-refractivity contribution in [2.75, 3.05) is 0 Å². The number of hydrogen-bond acceptors (Lipinski definition) is 6. The Morgan fingerprint density at radius 1 is 0.794 bits per heavy atom. The van der Waals surface area contributed by atoms with Crippen LogP contribution in [0.15, 0.2) is 18.2 Å². The highest BCUT2D eigenvalue weighted by atomic mass is 16.3. The summed E-state index contributed by atoms with van der Waals surface area (Å²) in [6.45, 7) is 12.2. The van der Waals surface area contributed by atoms with E-state index in [9.17, 15) is 30.3 Å². The second-order valence-corrected chi connectivity index (χ2v) is 11.0. The molecule has 0 aliphatic rings. The zero-order valence-corrected chi connectivity index (χ0v) is 21.9. The number of ketones is 1. The van der Waals surface area contributed by atoms with Crippen molar-refractivity contribution in [3.05, 3.63) is 23.8 Å². The van der Waals surface area contributed by atoms with Crippen LogP contribution in [0.4, 0.5) is 0 Å². The molecule has 0 amide bonds. The van der Waals surface area contributed by atoms with E-state index in [0.717, 1.165) is 19.3 Å². The van der Waals surface area contributed by atoms with Crippen molar-refractivity contribution < 1.29 is 30.3 Å². The average molecular weight is 481 g/mol. The molecule has 7 atom stereocenters. The van der Waals surface area contributed by atoms with Gasteiger partial charge in [0.2, 0.25) is 0 Å². The van der Waals surface area contributed by atoms with Gasteiger partial charge in [0.15, 0.2) is 0 Å². The van der Waals surface area contributed by atoms with Crippen LogP contribution in [0.1, 0.15) is 98.2 Å². The highest BCUT2D eigenvalue weighted by Gasteiger charge is 2.31. The Labute approximate surface area is 206 Å². The van der Waals surface area contributed by atoms with Gasteiger partial charge in [-0.25, -0.2) is 0 Å². The topological polar surface area (TPSA) is 118 Å². The number of rotatable bonds is 16. The standard InChI is InChI=1S/C28H48O6/c1-7-26(32)20(6)12-19(5)11-18(4)8-9-22(29)16-27(33)25(10-17(2)3)28(34)21-13-23(30)15-24(31)14-21/h13-15,17-20,22,25,27-31,33-34H,7-12,16H2,1-6H3/t18-,19+,20-,22+,25-,27+,28-/m1/s1. The fourth-order valence-electron chi connectivity index (χ4n) is 5.11. The van der Waals surface area contributed by atoms with Crippen LogP contribution in [0.3, 0.4) is 0 Å². The fraction of sp³-hybridized carbons (Fsp3) is 0.750. The number of phenolic OH excluding ortho intramolecular Hbond substituents is 2. The minimum atomic E-state index is -1.07. The first-order chi connectivity index (χ1) is 15.8. The minimum absolute atomic E-state index is 0.0886. The van der Waals surface area contributed by atoms with Gasteiger partial charge in [0.1, 0.15) is 17.3 Å². The van der Waals surface area contributed by atoms with Crippen molar-refractivity contribution in [3.63, 3.8) is 0 Å². The first kappa shape index (κ1) is 30.4. The maximum Gasteiger partial charge on any atom is 0.135 e. The molecular weight excluding hydrogens is 432 g/mol. The van der Waals surface area contributed by atoms with E-state index in [4.69, 9.17) is 0 Å². The molecule has 6 heteroatoms. The first-order valence-electron chi connectivity index (χ1n) is 12.9. The van der Waals surface area contributed by atoms with Crippen LogP contribution in [0.25, 0.3) is 0 Å². The van der Waals surface area contributed by atoms with Crippen molar-refractivity contribution in [1.82, 2.24) is 0 Å². The van der Waals surface area contributed by atoms with Crippen LogP contribution in [0, 0.1) is 29.6 Å². The number of Topliss-reactive ketones (excluding diaryl/α,β-unsaturated/α-hetero) is 1. The Bertz CT molecular complexity index is 713. The second kappa shape index (κ2) is 14.7. The molecule has 5 N–H and O–H groups in total. The monoisotopic (exact) mass is 480 g/mol. The normalized spacial score (nSPS) is 18.2. The smallest absolute Gasteiger partial charge is 0.135 e. The Balaban J connectivity index is 2.64. The lowest BCUT2D eigenvalue weighted by Gasteiger charge is -2.31. The highest BCUT2D eigenvalue weighted by molar-refractivity contribution is 5.80. The number of aliphatic hydroxyl groups is 3. The summed E-state index contributed by atoms with van der Waals surface area (Å²) in [6.07, 6.45) is 1.85. The SMILES string of the molecule is CCC(=O)[C@H](C)C[C@@H](C)C[C@H](C)CC[C@H](O)C[C@H](O)[C@@H](CC(C)C)[C@H](O)c1cc(O)cc(O)c1. The Hall–Kier alpha value is -1.63. The zero-order valence-electron chi connectivity index (χ0n) is 21.9. The van der Waals surface area contributed by atoms with Crippen LogP contribution >= 0.6 is 0 Å². The van der Waals surface area contributed by atoms with Gasteiger partial charge in [0, 0.05) is 24.3 Å². The number of benzene rings is 1. The molecule has 0 aromatic heterocycles. The average Bonchev–Trinajstić information content (AvgIpc) is 2.73. The summed E-state index contributed by atoms with van der Waals surface area (Å²) < 4.78 is 0. The third-order valence-corrected chi connectivity index (χ3v) is 6.87. The molecule has 0 saturated carbocycles. The molecule has 0 radical (unpaired) electrons. The molecule has 34 heavy (non-hydrogen) atoms. The van der Waals surface area contributed by atoms with Crippen molar-refractivity contribution in [2.45, 2.75) is 105 Å². The molecule has 1 aromatic carbocycles. The Morgan fingerprint density at radius 2 is 1.38 bits per heavy atom. The van der Waals surface area contributed by atoms with Crippen LogP contribution in [0.2, 0.25) is 0 Å². The fourth-order valence-corrected chi connectivity index (χ4v) is 5.11. The predicted octanol–water partition coefficient (Wildman–Crippen LogP) is 5.35. The minimum Gasteiger partial charge on any atom is -0.508 e. The molecule has 0 spiro atoms. The number of phenols is 2. The summed E-state index contributed by atoms with van der Waals surface area (Å²) in [5.74, 6) is 0.609. The van der Waals surface area contributed by atoms with Crippen molar-refractivity contribution in [2.24, 2.45) is 29.6 Å². The Kier molecular flexibility index (Phi) is 13.1. The summed E-state index contributed by atoms with van der Waals surface area (Å²) in [7, 11) is 0. The predicted molar refractivity (Wildman–Crippen MR) is 136 cm³/mol. The van der Waals surface area contributed by atoms with Crippen LogP contribution in [-0.4, -0.2) is 43.5 Å². The maximum atomic E-state index is 11.8. The molecule has 1 rings (SSSR count). The number of carbonyl (C=O) groups is 1. The van der Waals surface area contributed by atoms with Crippen molar-refractivity contribution in [3.8, 4) is 11.5 Å². The van der Waals surface area contributed by atoms with Gasteiger partial charge in [0.25, 0.3) is 0 Å². The van der Waals surface area contributed by atoms with Gasteiger partial charge in [-0.15, -0.1) is 0 Å². The number of aliphatic hydroxyl groups excluding tert-OH is 3. The molecule has 0 aliphatic heterocycles. The molecule has 0 bridgehead atoms. The van der Waals surface area contributed by atoms with Gasteiger partial charge < -0.3 is 25.5 Å². The number of carbonyl (C=O) groups excluding carboxylic acids is 1. The lowest BCUT2D eigenvalue weighted by atomic mass is 9.81. The molecule has 0 fully saturated rings. The Morgan fingerprint density at radius 3 is 1.91 bits per heavy atom. The van der Waals surface area contributed by atoms with E-state index < -0.39 is 24.2 Å². The summed E-state index contributed by atoms with van der Waals surface area (Å²) in [4.78, 5) is 11.8. The van der Waals surface area contributed by atoms with Gasteiger partial charge in [-0.3, -0.25) is 4.79 Å². The van der Waals surface area contributed by atoms with E-state index >= 15 is 0 Å². The van der Waals surface area contributed by atoms with Crippen molar-refractivity contribution >= 4 is 5.78 Å². The van der Waals surface area contributed by atoms with Crippen LogP contribution in [-0.2, 0) is 4.79 Å². The molecule has 1 aromatic rings. The molecular formula is C28H48O6. The van der Waals surface area contributed by atoms with E-state index in [0.29, 0.717) is 42.4 Å². The number of hydrogen-bond donors (Lipinski definition) is 5. The summed E-state index contributed by atoms with van der Waals surface area (Å²) >= 11 is 0. The quantitative estimate of drug-likeness (QED) is 0.218. The second-order valence-electron chi connectivity index (χ2n) is 11.0. The van der Waals surface area contributed by atoms with E-state index in [2.05, 4.69) is 13.8 Å². The van der Waals surface area contributed by atoms with Gasteiger partial charge in [-0.1, -0.05) is 41.5 Å². The largest absolute Gasteiger partial charge is 0.508 e. The molecule has 6 nitrogen and oxygen atoms in total. The van der Waals surface area contributed by atoms with Gasteiger partial charge >= 0.3 is 0 Å². The van der Waals surface area contributed by atoms with E-state index in [-0.39, 0.29) is 29.8 Å². The maximum absolute atomic E-state index is 11.8. The van der Waals surface area contributed by atoms with Crippen LogP contribution < -0.4 is 0 Å². The zero-order chi connectivity index (χ0) is 26.0. The first-order valence-corrected chi connectivity index (χ1v) is 12.9. The third-order valence-electron chi connectivity index (χ3n) is 6.87. The van der Waals surface area contributed by atoms with Crippen LogP contribution in [0.5, 0.6) is 11.5 Å². The lowest BCUT2D eigenvalue weighted by Crippen LogP contribution is -2.31. The van der Waals surface area contributed by atoms with Gasteiger partial charge in [0.05, 0.1) is 18.3 Å². The van der Waals surface area contributed by atoms with Crippen molar-refractivity contribution in [1.29, 1.82) is 0 Å². The molecule has 196 valence electrons. The molecule has 0 heterocycles. The number of aromatic hydroxyl groups is 2. The summed E-state index contributed by atoms with van der Waals surface area (Å²) in [5, 5.41) is 52.0. The van der Waals surface area contributed by atoms with E-state index in [1.807, 2.05) is 27.7 Å². The molecule has 0 unspecified atom stereocenters. The molecule has 0 saturated heterocycles. The summed E-state index contributed by atoms with van der Waals surface area (Å²) in [6, 6.07) is 3.97. The lowest BCUT2D eigenvalue weighted by molar-refractivity contribution is -0.122. The highest BCUT2D eigenvalue weighted by Crippen LogP contribution is 2.35.